The van der Waals surface area contributed by atoms with Crippen molar-refractivity contribution in [2.75, 3.05) is 9.80 Å². The van der Waals surface area contributed by atoms with Gasteiger partial charge in [0.15, 0.2) is 0 Å². The van der Waals surface area contributed by atoms with Gasteiger partial charge in [0, 0.05) is 108 Å². The van der Waals surface area contributed by atoms with Crippen LogP contribution < -0.4 is 9.80 Å². The summed E-state index contributed by atoms with van der Waals surface area (Å²) in [5.41, 5.74) is 16.5. The first-order valence-corrected chi connectivity index (χ1v) is 24.0. The summed E-state index contributed by atoms with van der Waals surface area (Å²) in [6.45, 7) is 0. The number of anilines is 6. The molecule has 0 saturated carbocycles. The van der Waals surface area contributed by atoms with Crippen LogP contribution in [0.2, 0.25) is 0 Å². The Kier molecular flexibility index (Phi) is 9.38. The highest BCUT2D eigenvalue weighted by Crippen LogP contribution is 2.43. The Balaban J connectivity index is 0.946. The zero-order valence-corrected chi connectivity index (χ0v) is 38.5. The fourth-order valence-electron chi connectivity index (χ4n) is 10.9. The molecule has 14 rings (SSSR count). The van der Waals surface area contributed by atoms with Crippen LogP contribution in [0.15, 0.2) is 261 Å². The highest BCUT2D eigenvalue weighted by Gasteiger charge is 2.22. The number of pyridine rings is 2. The lowest BCUT2D eigenvalue weighted by Crippen LogP contribution is -2.09. The zero-order valence-electron chi connectivity index (χ0n) is 38.5. The van der Waals surface area contributed by atoms with E-state index >= 15 is 0 Å². The molecule has 71 heavy (non-hydrogen) atoms. The van der Waals surface area contributed by atoms with Gasteiger partial charge < -0.3 is 23.5 Å². The van der Waals surface area contributed by atoms with Crippen LogP contribution in [-0.4, -0.2) is 23.7 Å². The molecule has 14 aromatic rings. The minimum absolute atomic E-state index is 1.07. The number of rotatable bonds is 9. The van der Waals surface area contributed by atoms with Crippen LogP contribution in [0, 0.1) is 0 Å². The molecule has 7 heteroatoms. The third-order valence-electron chi connectivity index (χ3n) is 13.9. The molecule has 0 aliphatic heterocycles. The molecule has 7 nitrogen and oxygen atoms in total. The normalized spacial score (nSPS) is 11.7. The molecule has 0 aliphatic rings. The van der Waals surface area contributed by atoms with Crippen molar-refractivity contribution in [3.05, 3.63) is 261 Å². The van der Waals surface area contributed by atoms with Crippen molar-refractivity contribution in [2.24, 2.45) is 0 Å². The topological polar surface area (TPSA) is 47.1 Å². The van der Waals surface area contributed by atoms with Crippen molar-refractivity contribution >= 4 is 99.5 Å². The molecular weight excluding hydrogens is 867 g/mol. The van der Waals surface area contributed by atoms with E-state index in [0.29, 0.717) is 0 Å². The summed E-state index contributed by atoms with van der Waals surface area (Å²) in [6.07, 6.45) is 7.80. The summed E-state index contributed by atoms with van der Waals surface area (Å²) >= 11 is 0. The van der Waals surface area contributed by atoms with Crippen molar-refractivity contribution < 1.29 is 0 Å². The Labute approximate surface area is 409 Å². The van der Waals surface area contributed by atoms with Gasteiger partial charge in [-0.25, -0.2) is 0 Å². The van der Waals surface area contributed by atoms with Gasteiger partial charge in [-0.15, -0.1) is 0 Å². The molecule has 9 aromatic carbocycles. The molecule has 0 spiro atoms. The van der Waals surface area contributed by atoms with Crippen LogP contribution in [0.4, 0.5) is 34.1 Å². The molecule has 0 unspecified atom stereocenters. The fourth-order valence-corrected chi connectivity index (χ4v) is 10.9. The Morgan fingerprint density at radius 2 is 0.592 bits per heavy atom. The van der Waals surface area contributed by atoms with Gasteiger partial charge in [0.25, 0.3) is 0 Å². The van der Waals surface area contributed by atoms with Crippen LogP contribution in [0.5, 0.6) is 0 Å². The summed E-state index contributed by atoms with van der Waals surface area (Å²) < 4.78 is 7.20. The Morgan fingerprint density at radius 1 is 0.239 bits per heavy atom. The molecule has 0 bridgehead atoms. The maximum Gasteiger partial charge on any atom is 0.0571 e. The van der Waals surface area contributed by atoms with Crippen molar-refractivity contribution in [1.29, 1.82) is 0 Å². The molecule has 0 amide bonds. The summed E-state index contributed by atoms with van der Waals surface area (Å²) in [7, 11) is 0. The van der Waals surface area contributed by atoms with Crippen molar-refractivity contribution in [3.63, 3.8) is 0 Å². The summed E-state index contributed by atoms with van der Waals surface area (Å²) in [6, 6.07) is 84.8. The number of hydrogen-bond acceptors (Lipinski definition) is 4. The zero-order chi connectivity index (χ0) is 46.8. The largest absolute Gasteiger partial charge is 0.310 e. The van der Waals surface area contributed by atoms with E-state index in [1.807, 2.05) is 24.8 Å². The number of para-hydroxylation sites is 5. The van der Waals surface area contributed by atoms with Crippen LogP contribution in [0.1, 0.15) is 0 Å². The van der Waals surface area contributed by atoms with Gasteiger partial charge in [0.1, 0.15) is 0 Å². The number of fused-ring (bicyclic) bond motifs is 9. The summed E-state index contributed by atoms with van der Waals surface area (Å²) in [4.78, 5) is 13.9. The van der Waals surface area contributed by atoms with E-state index < -0.39 is 0 Å². The van der Waals surface area contributed by atoms with Crippen LogP contribution in [0.25, 0.3) is 82.5 Å². The highest BCUT2D eigenvalue weighted by atomic mass is 15.1. The number of aromatic nitrogens is 5. The maximum absolute atomic E-state index is 4.66. The number of hydrogen-bond donors (Lipinski definition) is 0. The fraction of sp³-hybridized carbons (Fsp3) is 0. The third kappa shape index (κ3) is 6.59. The predicted molar refractivity (Wildman–Crippen MR) is 294 cm³/mol. The van der Waals surface area contributed by atoms with E-state index in [2.05, 4.69) is 270 Å². The SMILES string of the molecule is c1ccc(N(c2ccccc2)c2ccc3c(c2)c2cnccc2n3-c2ccc3c4ccc(-n5c6ccncc6c6cc(N(c7ccccc7)c7ccccc7)ccc65)cc4n(-c4ccccc4)c3c2)cc1. The van der Waals surface area contributed by atoms with Gasteiger partial charge in [-0.3, -0.25) is 9.97 Å². The van der Waals surface area contributed by atoms with Gasteiger partial charge in [-0.2, -0.15) is 0 Å². The lowest BCUT2D eigenvalue weighted by atomic mass is 10.1. The smallest absolute Gasteiger partial charge is 0.0571 e. The monoisotopic (exact) mass is 909 g/mol. The van der Waals surface area contributed by atoms with E-state index in [9.17, 15) is 0 Å². The molecule has 0 radical (unpaired) electrons. The van der Waals surface area contributed by atoms with Crippen molar-refractivity contribution in [1.82, 2.24) is 23.7 Å². The van der Waals surface area contributed by atoms with E-state index in [1.54, 1.807) is 0 Å². The Morgan fingerprint density at radius 3 is 0.986 bits per heavy atom. The van der Waals surface area contributed by atoms with Crippen molar-refractivity contribution in [2.45, 2.75) is 0 Å². The molecule has 5 aromatic heterocycles. The van der Waals surface area contributed by atoms with Gasteiger partial charge in [-0.05, 0) is 133 Å². The minimum Gasteiger partial charge on any atom is -0.310 e. The van der Waals surface area contributed by atoms with E-state index in [-0.39, 0.29) is 0 Å². The maximum atomic E-state index is 4.66. The van der Waals surface area contributed by atoms with E-state index in [1.165, 1.54) is 10.8 Å². The second-order valence-electron chi connectivity index (χ2n) is 17.9. The van der Waals surface area contributed by atoms with Crippen LogP contribution in [-0.2, 0) is 0 Å². The lowest BCUT2D eigenvalue weighted by molar-refractivity contribution is 1.14. The quantitative estimate of drug-likeness (QED) is 0.145. The first-order valence-electron chi connectivity index (χ1n) is 24.0. The summed E-state index contributed by atoms with van der Waals surface area (Å²) in [5, 5.41) is 6.83. The van der Waals surface area contributed by atoms with Crippen molar-refractivity contribution in [3.8, 4) is 17.1 Å². The molecule has 0 aliphatic carbocycles. The second kappa shape index (κ2) is 16.5. The summed E-state index contributed by atoms with van der Waals surface area (Å²) in [5.74, 6) is 0. The number of nitrogens with zero attached hydrogens (tertiary/aromatic N) is 7. The van der Waals surface area contributed by atoms with Crippen LogP contribution >= 0.6 is 0 Å². The Hall–Kier alpha value is -9.72. The molecule has 0 N–H and O–H groups in total. The molecule has 334 valence electrons. The molecule has 0 atom stereocenters. The molecule has 0 saturated heterocycles. The lowest BCUT2D eigenvalue weighted by Gasteiger charge is -2.25. The van der Waals surface area contributed by atoms with Gasteiger partial charge in [0.05, 0.1) is 33.1 Å². The third-order valence-corrected chi connectivity index (χ3v) is 13.9. The first-order chi connectivity index (χ1) is 35.2. The molecule has 0 fully saturated rings. The average molecular weight is 910 g/mol. The molecular formula is C64H43N7. The first kappa shape index (κ1) is 40.4. The number of benzene rings is 9. The minimum atomic E-state index is 1.07. The second-order valence-corrected chi connectivity index (χ2v) is 17.9. The van der Waals surface area contributed by atoms with E-state index in [0.717, 1.165) is 106 Å². The Bertz CT molecular complexity index is 3940. The highest BCUT2D eigenvalue weighted by molar-refractivity contribution is 6.14. The van der Waals surface area contributed by atoms with Crippen LogP contribution in [0.3, 0.4) is 0 Å². The average Bonchev–Trinajstić information content (AvgIpc) is 4.07. The molecule has 5 heterocycles. The van der Waals surface area contributed by atoms with Gasteiger partial charge in [-0.1, -0.05) is 103 Å². The van der Waals surface area contributed by atoms with E-state index in [4.69, 9.17) is 0 Å². The van der Waals surface area contributed by atoms with Gasteiger partial charge in [0.2, 0.25) is 0 Å². The van der Waals surface area contributed by atoms with Gasteiger partial charge >= 0.3 is 0 Å². The standard InChI is InChI=1S/C64H43N7/c1-6-16-44(17-7-1)67(45-18-8-2-9-19-45)49-28-32-59-55(38-49)57-42-65-36-34-61(57)70(59)51-26-30-53-54-31-27-52(41-64(54)69(63(53)40-51)48-24-14-5-15-25-48)71-60-33-29-50(39-56(60)58-43-66-37-35-62(58)71)68(46-20-10-3-11-21-46)47-22-12-4-13-23-47/h1-43H. The predicted octanol–water partition coefficient (Wildman–Crippen LogP) is 16.7.